The normalized spacial score (nSPS) is 14.9. The Labute approximate surface area is 209 Å². The Morgan fingerprint density at radius 1 is 1.03 bits per heavy atom. The second kappa shape index (κ2) is 11.1. The van der Waals surface area contributed by atoms with Crippen LogP contribution in [-0.4, -0.2) is 19.1 Å². The van der Waals surface area contributed by atoms with Crippen molar-refractivity contribution in [3.8, 4) is 11.8 Å². The largest absolute Gasteiger partial charge is 0.497 e. The van der Waals surface area contributed by atoms with Crippen molar-refractivity contribution in [1.82, 2.24) is 10.6 Å². The number of rotatable bonds is 8. The first kappa shape index (κ1) is 24.4. The maximum absolute atomic E-state index is 13.4. The van der Waals surface area contributed by atoms with Crippen LogP contribution in [0.25, 0.3) is 0 Å². The number of nitriles is 1. The minimum atomic E-state index is -0.730. The molecule has 0 saturated carbocycles. The van der Waals surface area contributed by atoms with Crippen LogP contribution in [0.2, 0.25) is 0 Å². The van der Waals surface area contributed by atoms with Gasteiger partial charge in [-0.3, -0.25) is 0 Å². The molecule has 8 nitrogen and oxygen atoms in total. The van der Waals surface area contributed by atoms with Crippen LogP contribution in [-0.2, 0) is 22.6 Å². The highest BCUT2D eigenvalue weighted by Crippen LogP contribution is 2.31. The van der Waals surface area contributed by atoms with E-state index in [4.69, 9.17) is 20.5 Å². The first-order valence-corrected chi connectivity index (χ1v) is 11.4. The van der Waals surface area contributed by atoms with Gasteiger partial charge >= 0.3 is 12.0 Å². The minimum Gasteiger partial charge on any atom is -0.497 e. The Bertz CT molecular complexity index is 1340. The number of ether oxygens (including phenoxy) is 2. The standard InChI is InChI=1S/C28H26N4O4/c1-35-23-11-8-18(9-12-23)10-13-24-25(27(33)36-17-20-5-2-4-19(14-20)16-29)26(32-28(34)31-24)21-6-3-7-22(30)15-21/h2-9,11-12,14-15,26H,10,13,17,30H2,1H3,(H2,31,32,34). The average Bonchev–Trinajstić information content (AvgIpc) is 2.90. The van der Waals surface area contributed by atoms with Crippen LogP contribution in [0.5, 0.6) is 5.75 Å². The van der Waals surface area contributed by atoms with Gasteiger partial charge in [0.15, 0.2) is 0 Å². The van der Waals surface area contributed by atoms with Crippen molar-refractivity contribution in [1.29, 1.82) is 5.26 Å². The minimum absolute atomic E-state index is 0.0127. The molecule has 0 fully saturated rings. The molecular formula is C28H26N4O4. The summed E-state index contributed by atoms with van der Waals surface area (Å²) in [6, 6.07) is 22.5. The Morgan fingerprint density at radius 3 is 2.53 bits per heavy atom. The van der Waals surface area contributed by atoms with E-state index in [1.54, 1.807) is 55.6 Å². The number of nitrogens with one attached hydrogen (secondary N) is 2. The molecule has 0 aromatic heterocycles. The number of hydrogen-bond donors (Lipinski definition) is 3. The topological polar surface area (TPSA) is 126 Å². The highest BCUT2D eigenvalue weighted by molar-refractivity contribution is 5.95. The Morgan fingerprint density at radius 2 is 1.81 bits per heavy atom. The summed E-state index contributed by atoms with van der Waals surface area (Å²) in [5.41, 5.74) is 10.2. The molecule has 4 rings (SSSR count). The summed E-state index contributed by atoms with van der Waals surface area (Å²) in [7, 11) is 1.61. The Balaban J connectivity index is 1.64. The number of nitrogens with two attached hydrogens (primary N) is 1. The SMILES string of the molecule is COc1ccc(CCC2=C(C(=O)OCc3cccc(C#N)c3)C(c3cccc(N)c3)NC(=O)N2)cc1. The van der Waals surface area contributed by atoms with Crippen LogP contribution in [0.4, 0.5) is 10.5 Å². The molecule has 0 radical (unpaired) electrons. The van der Waals surface area contributed by atoms with Gasteiger partial charge in [-0.05, 0) is 65.9 Å². The third-order valence-electron chi connectivity index (χ3n) is 5.87. The molecule has 0 bridgehead atoms. The Kier molecular flexibility index (Phi) is 7.51. The second-order valence-corrected chi connectivity index (χ2v) is 8.33. The fourth-order valence-corrected chi connectivity index (χ4v) is 4.06. The van der Waals surface area contributed by atoms with Crippen molar-refractivity contribution < 1.29 is 19.1 Å². The van der Waals surface area contributed by atoms with E-state index in [-0.39, 0.29) is 6.61 Å². The van der Waals surface area contributed by atoms with E-state index in [1.807, 2.05) is 24.3 Å². The zero-order valence-corrected chi connectivity index (χ0v) is 19.8. The van der Waals surface area contributed by atoms with Gasteiger partial charge in [0, 0.05) is 11.4 Å². The van der Waals surface area contributed by atoms with E-state index in [0.29, 0.717) is 46.5 Å². The zero-order chi connectivity index (χ0) is 25.5. The molecular weight excluding hydrogens is 456 g/mol. The lowest BCUT2D eigenvalue weighted by Gasteiger charge is -2.29. The predicted molar refractivity (Wildman–Crippen MR) is 135 cm³/mol. The number of aryl methyl sites for hydroxylation is 1. The van der Waals surface area contributed by atoms with E-state index >= 15 is 0 Å². The number of anilines is 1. The third-order valence-corrected chi connectivity index (χ3v) is 5.87. The molecule has 0 saturated heterocycles. The van der Waals surface area contributed by atoms with Crippen LogP contribution in [0.3, 0.4) is 0 Å². The summed E-state index contributed by atoms with van der Waals surface area (Å²) in [6.07, 6.45) is 0.997. The Hall–Kier alpha value is -4.77. The fraction of sp³-hybridized carbons (Fsp3) is 0.179. The van der Waals surface area contributed by atoms with E-state index in [2.05, 4.69) is 16.7 Å². The summed E-state index contributed by atoms with van der Waals surface area (Å²) < 4.78 is 10.9. The highest BCUT2D eigenvalue weighted by atomic mass is 16.5. The van der Waals surface area contributed by atoms with E-state index in [1.165, 1.54) is 0 Å². The molecule has 1 heterocycles. The molecule has 2 amide bonds. The molecule has 1 atom stereocenters. The van der Waals surface area contributed by atoms with Gasteiger partial charge in [-0.15, -0.1) is 0 Å². The predicted octanol–water partition coefficient (Wildman–Crippen LogP) is 4.13. The smallest absolute Gasteiger partial charge is 0.338 e. The monoisotopic (exact) mass is 482 g/mol. The molecule has 1 aliphatic rings. The molecule has 1 unspecified atom stereocenters. The van der Waals surface area contributed by atoms with Gasteiger partial charge in [0.1, 0.15) is 12.4 Å². The van der Waals surface area contributed by atoms with Crippen molar-refractivity contribution in [3.05, 3.63) is 106 Å². The summed E-state index contributed by atoms with van der Waals surface area (Å²) in [6.45, 7) is -0.0127. The number of methoxy groups -OCH3 is 1. The number of hydrogen-bond acceptors (Lipinski definition) is 6. The molecule has 0 aliphatic carbocycles. The van der Waals surface area contributed by atoms with Crippen molar-refractivity contribution in [2.75, 3.05) is 12.8 Å². The first-order chi connectivity index (χ1) is 17.5. The van der Waals surface area contributed by atoms with Crippen molar-refractivity contribution >= 4 is 17.7 Å². The van der Waals surface area contributed by atoms with Gasteiger partial charge in [0.05, 0.1) is 30.4 Å². The van der Waals surface area contributed by atoms with Gasteiger partial charge in [0.2, 0.25) is 0 Å². The lowest BCUT2D eigenvalue weighted by atomic mass is 9.92. The quantitative estimate of drug-likeness (QED) is 0.327. The molecule has 3 aromatic rings. The van der Waals surface area contributed by atoms with Crippen molar-refractivity contribution in [2.24, 2.45) is 0 Å². The number of carbonyl (C=O) groups is 2. The number of urea groups is 1. The number of benzene rings is 3. The van der Waals surface area contributed by atoms with Gasteiger partial charge in [0.25, 0.3) is 0 Å². The number of allylic oxidation sites excluding steroid dienone is 1. The van der Waals surface area contributed by atoms with Crippen LogP contribution >= 0.6 is 0 Å². The molecule has 182 valence electrons. The number of esters is 1. The zero-order valence-electron chi connectivity index (χ0n) is 19.8. The van der Waals surface area contributed by atoms with E-state index < -0.39 is 18.0 Å². The van der Waals surface area contributed by atoms with Crippen molar-refractivity contribution in [2.45, 2.75) is 25.5 Å². The summed E-state index contributed by atoms with van der Waals surface area (Å²) >= 11 is 0. The molecule has 36 heavy (non-hydrogen) atoms. The average molecular weight is 483 g/mol. The molecule has 0 spiro atoms. The van der Waals surface area contributed by atoms with Crippen molar-refractivity contribution in [3.63, 3.8) is 0 Å². The second-order valence-electron chi connectivity index (χ2n) is 8.33. The summed E-state index contributed by atoms with van der Waals surface area (Å²) in [5.74, 6) is 0.182. The lowest BCUT2D eigenvalue weighted by Crippen LogP contribution is -2.46. The van der Waals surface area contributed by atoms with Gasteiger partial charge < -0.3 is 25.8 Å². The van der Waals surface area contributed by atoms with Crippen LogP contribution in [0.1, 0.15) is 34.7 Å². The van der Waals surface area contributed by atoms with Gasteiger partial charge in [-0.1, -0.05) is 36.4 Å². The maximum atomic E-state index is 13.4. The van der Waals surface area contributed by atoms with Crippen LogP contribution in [0.15, 0.2) is 84.1 Å². The summed E-state index contributed by atoms with van der Waals surface area (Å²) in [4.78, 5) is 26.0. The van der Waals surface area contributed by atoms with Crippen LogP contribution < -0.4 is 21.1 Å². The van der Waals surface area contributed by atoms with E-state index in [9.17, 15) is 9.59 Å². The number of nitrogen functional groups attached to an aromatic ring is 1. The van der Waals surface area contributed by atoms with Crippen LogP contribution in [0, 0.1) is 11.3 Å². The molecule has 3 aromatic carbocycles. The first-order valence-electron chi connectivity index (χ1n) is 11.4. The van der Waals surface area contributed by atoms with E-state index in [0.717, 1.165) is 11.3 Å². The highest BCUT2D eigenvalue weighted by Gasteiger charge is 2.33. The lowest BCUT2D eigenvalue weighted by molar-refractivity contribution is -0.140. The molecule has 1 aliphatic heterocycles. The third kappa shape index (κ3) is 5.83. The fourth-order valence-electron chi connectivity index (χ4n) is 4.06. The number of nitrogens with zero attached hydrogens (tertiary/aromatic N) is 1. The molecule has 8 heteroatoms. The number of carbonyl (C=O) groups excluding carboxylic acids is 2. The molecule has 4 N–H and O–H groups in total. The summed E-state index contributed by atoms with van der Waals surface area (Å²) in [5, 5.41) is 14.8. The van der Waals surface area contributed by atoms with Gasteiger partial charge in [-0.25, -0.2) is 9.59 Å². The maximum Gasteiger partial charge on any atom is 0.338 e. The number of amides is 2. The van der Waals surface area contributed by atoms with Gasteiger partial charge in [-0.2, -0.15) is 5.26 Å².